The fourth-order valence-corrected chi connectivity index (χ4v) is 1.19. The molecule has 1 rings (SSSR count). The average Bonchev–Trinajstić information content (AvgIpc) is 2.15. The van der Waals surface area contributed by atoms with Gasteiger partial charge in [0.25, 0.3) is 0 Å². The number of aliphatic hydroxyl groups excluding tert-OH is 1. The highest BCUT2D eigenvalue weighted by molar-refractivity contribution is 7.80. The van der Waals surface area contributed by atoms with Gasteiger partial charge in [0.15, 0.2) is 0 Å². The molecule has 0 heterocycles. The monoisotopic (exact) mass is 197 g/mol. The molecule has 0 saturated heterocycles. The standard InChI is InChI=1S/C10H15NOS/c1-8(12)9-2-4-10(5-3-9)11-6-7-13/h2-5,8,11-13H,6-7H2,1H3. The van der Waals surface area contributed by atoms with Crippen molar-refractivity contribution in [1.29, 1.82) is 0 Å². The van der Waals surface area contributed by atoms with Gasteiger partial charge in [-0.15, -0.1) is 0 Å². The zero-order valence-corrected chi connectivity index (χ0v) is 8.59. The van der Waals surface area contributed by atoms with Gasteiger partial charge in [0.1, 0.15) is 0 Å². The van der Waals surface area contributed by atoms with Crippen molar-refractivity contribution in [3.05, 3.63) is 29.8 Å². The van der Waals surface area contributed by atoms with Crippen LogP contribution in [0.25, 0.3) is 0 Å². The van der Waals surface area contributed by atoms with Gasteiger partial charge in [-0.25, -0.2) is 0 Å². The van der Waals surface area contributed by atoms with Crippen LogP contribution in [-0.4, -0.2) is 17.4 Å². The van der Waals surface area contributed by atoms with Gasteiger partial charge in [-0.1, -0.05) is 12.1 Å². The summed E-state index contributed by atoms with van der Waals surface area (Å²) in [5.74, 6) is 0.818. The zero-order valence-electron chi connectivity index (χ0n) is 7.70. The Kier molecular flexibility index (Phi) is 4.12. The van der Waals surface area contributed by atoms with Crippen LogP contribution in [0.15, 0.2) is 24.3 Å². The summed E-state index contributed by atoms with van der Waals surface area (Å²) in [6.07, 6.45) is -0.390. The number of hydrogen-bond donors (Lipinski definition) is 3. The number of aliphatic hydroxyl groups is 1. The Labute approximate surface area is 84.4 Å². The summed E-state index contributed by atoms with van der Waals surface area (Å²) in [5.41, 5.74) is 2.01. The molecule has 3 heteroatoms. The van der Waals surface area contributed by atoms with E-state index in [9.17, 15) is 5.11 Å². The lowest BCUT2D eigenvalue weighted by Crippen LogP contribution is -2.02. The molecule has 1 aromatic carbocycles. The summed E-state index contributed by atoms with van der Waals surface area (Å²) < 4.78 is 0. The Morgan fingerprint density at radius 3 is 2.46 bits per heavy atom. The molecule has 72 valence electrons. The van der Waals surface area contributed by atoms with Crippen LogP contribution >= 0.6 is 12.6 Å². The summed E-state index contributed by atoms with van der Waals surface area (Å²) in [7, 11) is 0. The minimum Gasteiger partial charge on any atom is -0.389 e. The summed E-state index contributed by atoms with van der Waals surface area (Å²) in [6.45, 7) is 2.62. The number of hydrogen-bond acceptors (Lipinski definition) is 3. The molecule has 0 bridgehead atoms. The smallest absolute Gasteiger partial charge is 0.0761 e. The molecule has 2 nitrogen and oxygen atoms in total. The molecule has 1 aromatic rings. The predicted molar refractivity (Wildman–Crippen MR) is 59.4 cm³/mol. The van der Waals surface area contributed by atoms with Gasteiger partial charge >= 0.3 is 0 Å². The summed E-state index contributed by atoms with van der Waals surface area (Å²) in [5, 5.41) is 12.5. The Morgan fingerprint density at radius 1 is 1.38 bits per heavy atom. The van der Waals surface area contributed by atoms with Crippen LogP contribution in [0.1, 0.15) is 18.6 Å². The molecule has 0 spiro atoms. The molecular formula is C10H15NOS. The second-order valence-electron chi connectivity index (χ2n) is 2.95. The quantitative estimate of drug-likeness (QED) is 0.646. The molecule has 0 aromatic heterocycles. The number of benzene rings is 1. The largest absolute Gasteiger partial charge is 0.389 e. The average molecular weight is 197 g/mol. The van der Waals surface area contributed by atoms with E-state index in [-0.39, 0.29) is 6.10 Å². The van der Waals surface area contributed by atoms with Gasteiger partial charge in [-0.3, -0.25) is 0 Å². The molecule has 0 aliphatic rings. The van der Waals surface area contributed by atoms with Crippen LogP contribution < -0.4 is 5.32 Å². The lowest BCUT2D eigenvalue weighted by atomic mass is 10.1. The maximum absolute atomic E-state index is 9.26. The van der Waals surface area contributed by atoms with Crippen LogP contribution in [0, 0.1) is 0 Å². The maximum atomic E-state index is 9.26. The van der Waals surface area contributed by atoms with Crippen molar-refractivity contribution >= 4 is 18.3 Å². The van der Waals surface area contributed by atoms with Crippen molar-refractivity contribution < 1.29 is 5.11 Å². The van der Waals surface area contributed by atoms with E-state index in [1.807, 2.05) is 24.3 Å². The summed E-state index contributed by atoms with van der Waals surface area (Å²) in [6, 6.07) is 7.77. The Balaban J connectivity index is 2.59. The number of thiol groups is 1. The molecule has 1 atom stereocenters. The Bertz CT molecular complexity index is 246. The van der Waals surface area contributed by atoms with Gasteiger partial charge in [-0.05, 0) is 24.6 Å². The lowest BCUT2D eigenvalue weighted by molar-refractivity contribution is 0.199. The molecule has 0 amide bonds. The first kappa shape index (κ1) is 10.4. The normalized spacial score (nSPS) is 12.5. The second-order valence-corrected chi connectivity index (χ2v) is 3.40. The van der Waals surface area contributed by atoms with E-state index >= 15 is 0 Å². The molecule has 0 saturated carbocycles. The summed E-state index contributed by atoms with van der Waals surface area (Å²) in [4.78, 5) is 0. The molecule has 1 unspecified atom stereocenters. The predicted octanol–water partition coefficient (Wildman–Crippen LogP) is 2.08. The van der Waals surface area contributed by atoms with Crippen LogP contribution in [0.2, 0.25) is 0 Å². The minimum absolute atomic E-state index is 0.390. The zero-order chi connectivity index (χ0) is 9.68. The van der Waals surface area contributed by atoms with Crippen molar-refractivity contribution in [2.75, 3.05) is 17.6 Å². The van der Waals surface area contributed by atoms with E-state index < -0.39 is 0 Å². The fourth-order valence-electron chi connectivity index (χ4n) is 1.08. The maximum Gasteiger partial charge on any atom is 0.0761 e. The van der Waals surface area contributed by atoms with E-state index in [2.05, 4.69) is 17.9 Å². The molecule has 0 aliphatic heterocycles. The van der Waals surface area contributed by atoms with Crippen LogP contribution in [0.5, 0.6) is 0 Å². The number of nitrogens with one attached hydrogen (secondary N) is 1. The van der Waals surface area contributed by atoms with Crippen molar-refractivity contribution in [2.45, 2.75) is 13.0 Å². The van der Waals surface area contributed by atoms with E-state index in [0.29, 0.717) is 0 Å². The molecule has 2 N–H and O–H groups in total. The van der Waals surface area contributed by atoms with E-state index in [0.717, 1.165) is 23.5 Å². The van der Waals surface area contributed by atoms with Gasteiger partial charge in [-0.2, -0.15) is 12.6 Å². The molecule has 0 fully saturated rings. The molecule has 0 aliphatic carbocycles. The van der Waals surface area contributed by atoms with E-state index in [4.69, 9.17) is 0 Å². The lowest BCUT2D eigenvalue weighted by Gasteiger charge is -2.07. The highest BCUT2D eigenvalue weighted by Gasteiger charge is 1.98. The van der Waals surface area contributed by atoms with E-state index in [1.165, 1.54) is 0 Å². The first-order chi connectivity index (χ1) is 6.24. The Hall–Kier alpha value is -0.670. The second kappa shape index (κ2) is 5.14. The minimum atomic E-state index is -0.390. The first-order valence-electron chi connectivity index (χ1n) is 4.37. The van der Waals surface area contributed by atoms with E-state index in [1.54, 1.807) is 6.92 Å². The van der Waals surface area contributed by atoms with Crippen molar-refractivity contribution in [2.24, 2.45) is 0 Å². The highest BCUT2D eigenvalue weighted by atomic mass is 32.1. The summed E-state index contributed by atoms with van der Waals surface area (Å²) >= 11 is 4.10. The third-order valence-corrected chi connectivity index (χ3v) is 2.06. The highest BCUT2D eigenvalue weighted by Crippen LogP contribution is 2.15. The van der Waals surface area contributed by atoms with Gasteiger partial charge < -0.3 is 10.4 Å². The number of rotatable bonds is 4. The van der Waals surface area contributed by atoms with Crippen LogP contribution in [0.3, 0.4) is 0 Å². The van der Waals surface area contributed by atoms with Gasteiger partial charge in [0, 0.05) is 18.0 Å². The molecule has 13 heavy (non-hydrogen) atoms. The third kappa shape index (κ3) is 3.28. The van der Waals surface area contributed by atoms with Crippen LogP contribution in [-0.2, 0) is 0 Å². The number of anilines is 1. The van der Waals surface area contributed by atoms with Crippen molar-refractivity contribution in [3.63, 3.8) is 0 Å². The van der Waals surface area contributed by atoms with Crippen LogP contribution in [0.4, 0.5) is 5.69 Å². The van der Waals surface area contributed by atoms with Gasteiger partial charge in [0.05, 0.1) is 6.10 Å². The topological polar surface area (TPSA) is 32.3 Å². The Morgan fingerprint density at radius 2 is 2.00 bits per heavy atom. The van der Waals surface area contributed by atoms with Crippen molar-refractivity contribution in [1.82, 2.24) is 0 Å². The fraction of sp³-hybridized carbons (Fsp3) is 0.400. The van der Waals surface area contributed by atoms with Gasteiger partial charge in [0.2, 0.25) is 0 Å². The molecular weight excluding hydrogens is 182 g/mol. The SMILES string of the molecule is CC(O)c1ccc(NCCS)cc1. The van der Waals surface area contributed by atoms with Crippen molar-refractivity contribution in [3.8, 4) is 0 Å². The first-order valence-corrected chi connectivity index (χ1v) is 5.00. The third-order valence-electron chi connectivity index (χ3n) is 1.83. The molecule has 0 radical (unpaired) electrons.